The van der Waals surface area contributed by atoms with Gasteiger partial charge in [-0.25, -0.2) is 0 Å². The van der Waals surface area contributed by atoms with Crippen LogP contribution in [0.4, 0.5) is 0 Å². The molecule has 0 spiro atoms. The molecule has 3 rings (SSSR count). The van der Waals surface area contributed by atoms with Crippen LogP contribution in [0.3, 0.4) is 0 Å². The highest BCUT2D eigenvalue weighted by atomic mass is 127. The Balaban J connectivity index is 0.00000280. The summed E-state index contributed by atoms with van der Waals surface area (Å²) >= 11 is 3.54. The molecule has 0 bridgehead atoms. The number of methoxy groups -OCH3 is 1. The molecule has 2 aliphatic heterocycles. The van der Waals surface area contributed by atoms with Crippen molar-refractivity contribution in [3.8, 4) is 11.5 Å². The average Bonchev–Trinajstić information content (AvgIpc) is 3.16. The van der Waals surface area contributed by atoms with E-state index in [1.165, 1.54) is 0 Å². The molecular weight excluding hydrogens is 541 g/mol. The van der Waals surface area contributed by atoms with Crippen LogP contribution in [0.15, 0.2) is 21.6 Å². The van der Waals surface area contributed by atoms with Gasteiger partial charge in [0.15, 0.2) is 17.5 Å². The second-order valence-electron chi connectivity index (χ2n) is 6.62. The molecule has 0 unspecified atom stereocenters. The van der Waals surface area contributed by atoms with Crippen LogP contribution >= 0.6 is 39.9 Å². The number of rotatable bonds is 7. The molecule has 0 saturated carbocycles. The molecule has 0 aliphatic carbocycles. The summed E-state index contributed by atoms with van der Waals surface area (Å²) in [5.74, 6) is 2.47. The molecule has 158 valence electrons. The Labute approximate surface area is 192 Å². The first-order valence-corrected chi connectivity index (χ1v) is 10.1. The van der Waals surface area contributed by atoms with E-state index in [4.69, 9.17) is 18.9 Å². The van der Waals surface area contributed by atoms with Gasteiger partial charge in [-0.15, -0.1) is 24.0 Å². The van der Waals surface area contributed by atoms with Crippen molar-refractivity contribution >= 4 is 45.9 Å². The fourth-order valence-corrected chi connectivity index (χ4v) is 3.93. The number of benzene rings is 1. The number of nitrogens with zero attached hydrogens (tertiary/aromatic N) is 2. The van der Waals surface area contributed by atoms with Gasteiger partial charge in [0.05, 0.1) is 10.6 Å². The minimum Gasteiger partial charge on any atom is -0.454 e. The lowest BCUT2D eigenvalue weighted by Crippen LogP contribution is -2.46. The SMILES string of the molecule is CN=C(NCc1cc(Br)c2c(c1)OCO2)N1CCC(OCCCOC)CC1.I. The molecule has 1 saturated heterocycles. The first-order chi connectivity index (χ1) is 13.2. The predicted molar refractivity (Wildman–Crippen MR) is 123 cm³/mol. The normalized spacial score (nSPS) is 16.8. The van der Waals surface area contributed by atoms with E-state index in [-0.39, 0.29) is 30.8 Å². The van der Waals surface area contributed by atoms with E-state index in [1.54, 1.807) is 7.11 Å². The molecular formula is C19H29BrIN3O4. The maximum atomic E-state index is 5.93. The lowest BCUT2D eigenvalue weighted by molar-refractivity contribution is 0.00989. The van der Waals surface area contributed by atoms with E-state index in [0.717, 1.165) is 73.1 Å². The van der Waals surface area contributed by atoms with Crippen LogP contribution in [-0.2, 0) is 16.0 Å². The van der Waals surface area contributed by atoms with E-state index in [2.05, 4.69) is 31.1 Å². The van der Waals surface area contributed by atoms with Gasteiger partial charge < -0.3 is 29.2 Å². The third kappa shape index (κ3) is 6.36. The van der Waals surface area contributed by atoms with Crippen molar-refractivity contribution in [3.63, 3.8) is 0 Å². The summed E-state index contributed by atoms with van der Waals surface area (Å²) in [4.78, 5) is 6.73. The zero-order valence-electron chi connectivity index (χ0n) is 16.4. The van der Waals surface area contributed by atoms with Crippen molar-refractivity contribution in [3.05, 3.63) is 22.2 Å². The monoisotopic (exact) mass is 569 g/mol. The molecule has 1 N–H and O–H groups in total. The molecule has 28 heavy (non-hydrogen) atoms. The number of hydrogen-bond donors (Lipinski definition) is 1. The van der Waals surface area contributed by atoms with Crippen LogP contribution in [0.1, 0.15) is 24.8 Å². The van der Waals surface area contributed by atoms with Crippen molar-refractivity contribution < 1.29 is 18.9 Å². The van der Waals surface area contributed by atoms with E-state index in [0.29, 0.717) is 12.6 Å². The number of fused-ring (bicyclic) bond motifs is 1. The van der Waals surface area contributed by atoms with Crippen LogP contribution in [-0.4, -0.2) is 64.2 Å². The number of guanidine groups is 1. The van der Waals surface area contributed by atoms with Gasteiger partial charge >= 0.3 is 0 Å². The van der Waals surface area contributed by atoms with Crippen LogP contribution < -0.4 is 14.8 Å². The number of piperidine rings is 1. The first kappa shape index (κ1) is 23.5. The summed E-state index contributed by atoms with van der Waals surface area (Å²) in [5.41, 5.74) is 1.11. The maximum Gasteiger partial charge on any atom is 0.231 e. The van der Waals surface area contributed by atoms with E-state index in [9.17, 15) is 0 Å². The fraction of sp³-hybridized carbons (Fsp3) is 0.632. The zero-order valence-corrected chi connectivity index (χ0v) is 20.3. The molecule has 0 aromatic heterocycles. The Kier molecular flexibility index (Phi) is 10.1. The van der Waals surface area contributed by atoms with Crippen LogP contribution in [0, 0.1) is 0 Å². The largest absolute Gasteiger partial charge is 0.454 e. The van der Waals surface area contributed by atoms with Crippen molar-refractivity contribution in [1.29, 1.82) is 0 Å². The molecule has 1 fully saturated rings. The second-order valence-corrected chi connectivity index (χ2v) is 7.47. The summed E-state index contributed by atoms with van der Waals surface area (Å²) in [6, 6.07) is 4.06. The number of hydrogen-bond acceptors (Lipinski definition) is 5. The third-order valence-corrected chi connectivity index (χ3v) is 5.33. The minimum absolute atomic E-state index is 0. The zero-order chi connectivity index (χ0) is 19.1. The van der Waals surface area contributed by atoms with Gasteiger partial charge in [-0.1, -0.05) is 0 Å². The Bertz CT molecular complexity index is 654. The van der Waals surface area contributed by atoms with Gasteiger partial charge in [0.25, 0.3) is 0 Å². The molecule has 9 heteroatoms. The van der Waals surface area contributed by atoms with Crippen molar-refractivity contribution in [2.45, 2.75) is 31.9 Å². The summed E-state index contributed by atoms with van der Waals surface area (Å²) in [5, 5.41) is 3.45. The second kappa shape index (κ2) is 12.0. The van der Waals surface area contributed by atoms with Gasteiger partial charge in [0.2, 0.25) is 6.79 Å². The highest BCUT2D eigenvalue weighted by Gasteiger charge is 2.22. The molecule has 1 aromatic carbocycles. The standard InChI is InChI=1S/C19H28BrN3O4.HI/c1-21-19(23-6-4-15(5-7-23)25-9-3-8-24-2)22-12-14-10-16(20)18-17(11-14)26-13-27-18;/h10-11,15H,3-9,12-13H2,1-2H3,(H,21,22);1H. The van der Waals surface area contributed by atoms with E-state index >= 15 is 0 Å². The summed E-state index contributed by atoms with van der Waals surface area (Å²) in [6.45, 7) is 4.36. The molecule has 0 atom stereocenters. The number of ether oxygens (including phenoxy) is 4. The smallest absolute Gasteiger partial charge is 0.231 e. The fourth-order valence-electron chi connectivity index (χ4n) is 3.32. The van der Waals surface area contributed by atoms with Gasteiger partial charge in [-0.05, 0) is 52.9 Å². The molecule has 2 aliphatic rings. The number of nitrogens with one attached hydrogen (secondary N) is 1. The molecule has 0 radical (unpaired) electrons. The van der Waals surface area contributed by atoms with Crippen molar-refractivity contribution in [1.82, 2.24) is 10.2 Å². The quantitative estimate of drug-likeness (QED) is 0.235. The topological polar surface area (TPSA) is 64.6 Å². The Morgan fingerprint density at radius 2 is 2.07 bits per heavy atom. The lowest BCUT2D eigenvalue weighted by atomic mass is 10.1. The molecule has 1 aromatic rings. The van der Waals surface area contributed by atoms with E-state index in [1.807, 2.05) is 19.2 Å². The lowest BCUT2D eigenvalue weighted by Gasteiger charge is -2.34. The minimum atomic E-state index is 0. The molecule has 0 amide bonds. The Morgan fingerprint density at radius 3 is 2.79 bits per heavy atom. The Hall–Kier alpha value is -0.780. The van der Waals surface area contributed by atoms with Crippen LogP contribution in [0.5, 0.6) is 11.5 Å². The highest BCUT2D eigenvalue weighted by molar-refractivity contribution is 14.0. The predicted octanol–water partition coefficient (Wildman–Crippen LogP) is 3.39. The van der Waals surface area contributed by atoms with Crippen LogP contribution in [0.2, 0.25) is 0 Å². The highest BCUT2D eigenvalue weighted by Crippen LogP contribution is 2.39. The number of aliphatic imine (C=N–C) groups is 1. The van der Waals surface area contributed by atoms with Gasteiger partial charge in [-0.3, -0.25) is 4.99 Å². The Morgan fingerprint density at radius 1 is 1.29 bits per heavy atom. The summed E-state index contributed by atoms with van der Waals surface area (Å²) in [6.07, 6.45) is 3.32. The molecule has 7 nitrogen and oxygen atoms in total. The third-order valence-electron chi connectivity index (χ3n) is 4.74. The van der Waals surface area contributed by atoms with Gasteiger partial charge in [0.1, 0.15) is 0 Å². The van der Waals surface area contributed by atoms with Gasteiger partial charge in [0, 0.05) is 47.0 Å². The summed E-state index contributed by atoms with van der Waals surface area (Å²) in [7, 11) is 3.55. The van der Waals surface area contributed by atoms with Gasteiger partial charge in [-0.2, -0.15) is 0 Å². The average molecular weight is 570 g/mol. The first-order valence-electron chi connectivity index (χ1n) is 9.35. The number of halogens is 2. The van der Waals surface area contributed by atoms with Crippen molar-refractivity contribution in [2.24, 2.45) is 4.99 Å². The summed E-state index contributed by atoms with van der Waals surface area (Å²) < 4.78 is 22.8. The molecule has 2 heterocycles. The van der Waals surface area contributed by atoms with Crippen molar-refractivity contribution in [2.75, 3.05) is 47.3 Å². The number of likely N-dealkylation sites (tertiary alicyclic amines) is 1. The maximum absolute atomic E-state index is 5.93. The van der Waals surface area contributed by atoms with E-state index < -0.39 is 0 Å². The van der Waals surface area contributed by atoms with Crippen LogP contribution in [0.25, 0.3) is 0 Å².